The summed E-state index contributed by atoms with van der Waals surface area (Å²) in [7, 11) is 0. The molecular weight excluding hydrogens is 242 g/mol. The average molecular weight is 261 g/mol. The zero-order valence-electron chi connectivity index (χ0n) is 10.8. The number of benzene rings is 1. The molecule has 1 fully saturated rings. The second kappa shape index (κ2) is 4.83. The first-order valence-corrected chi connectivity index (χ1v) is 6.74. The van der Waals surface area contributed by atoms with Gasteiger partial charge in [-0.1, -0.05) is 6.07 Å². The Bertz CT molecular complexity index is 503. The minimum absolute atomic E-state index is 0.0102. The van der Waals surface area contributed by atoms with Crippen molar-refractivity contribution in [3.8, 4) is 5.75 Å². The number of carbonyl (C=O) groups is 1. The zero-order chi connectivity index (χ0) is 13.4. The van der Waals surface area contributed by atoms with Crippen molar-refractivity contribution in [2.75, 3.05) is 11.5 Å². The first-order valence-electron chi connectivity index (χ1n) is 6.74. The van der Waals surface area contributed by atoms with Crippen molar-refractivity contribution in [1.29, 1.82) is 0 Å². The van der Waals surface area contributed by atoms with Crippen molar-refractivity contribution in [3.05, 3.63) is 23.8 Å². The maximum atomic E-state index is 12.2. The second-order valence-electron chi connectivity index (χ2n) is 5.22. The van der Waals surface area contributed by atoms with Gasteiger partial charge in [-0.05, 0) is 37.0 Å². The molecule has 2 unspecified atom stereocenters. The highest BCUT2D eigenvalue weighted by molar-refractivity contribution is 5.98. The van der Waals surface area contributed by atoms with Gasteiger partial charge in [-0.3, -0.25) is 4.79 Å². The molecule has 5 nitrogen and oxygen atoms in total. The van der Waals surface area contributed by atoms with Crippen LogP contribution in [0.4, 0.5) is 5.69 Å². The summed E-state index contributed by atoms with van der Waals surface area (Å²) in [4.78, 5) is 14.0. The van der Waals surface area contributed by atoms with Gasteiger partial charge < -0.3 is 21.1 Å². The summed E-state index contributed by atoms with van der Waals surface area (Å²) in [6.07, 6.45) is 3.00. The van der Waals surface area contributed by atoms with E-state index in [2.05, 4.69) is 0 Å². The summed E-state index contributed by atoms with van der Waals surface area (Å²) in [5.41, 5.74) is 13.6. The van der Waals surface area contributed by atoms with E-state index in [1.807, 2.05) is 23.1 Å². The number of ether oxygens (including phenoxy) is 1. The molecule has 1 saturated carbocycles. The maximum Gasteiger partial charge on any atom is 0.265 e. The van der Waals surface area contributed by atoms with Crippen molar-refractivity contribution < 1.29 is 9.53 Å². The molecule has 2 atom stereocenters. The van der Waals surface area contributed by atoms with Gasteiger partial charge in [-0.2, -0.15) is 0 Å². The molecule has 1 aromatic rings. The topological polar surface area (TPSA) is 81.6 Å². The molecule has 102 valence electrons. The van der Waals surface area contributed by atoms with Crippen molar-refractivity contribution in [2.24, 2.45) is 11.5 Å². The fourth-order valence-electron chi connectivity index (χ4n) is 3.00. The predicted octanol–water partition coefficient (Wildman–Crippen LogP) is 0.750. The number of carbonyl (C=O) groups excluding carboxylic acids is 1. The third-order valence-corrected chi connectivity index (χ3v) is 4.00. The van der Waals surface area contributed by atoms with Crippen LogP contribution in [0.3, 0.4) is 0 Å². The van der Waals surface area contributed by atoms with Crippen LogP contribution in [0.25, 0.3) is 0 Å². The van der Waals surface area contributed by atoms with Crippen molar-refractivity contribution >= 4 is 11.6 Å². The number of anilines is 1. The van der Waals surface area contributed by atoms with Gasteiger partial charge >= 0.3 is 0 Å². The average Bonchev–Trinajstić information content (AvgIpc) is 2.84. The number of hydrogen-bond donors (Lipinski definition) is 2. The van der Waals surface area contributed by atoms with Crippen LogP contribution in [-0.2, 0) is 11.3 Å². The highest BCUT2D eigenvalue weighted by Crippen LogP contribution is 2.37. The van der Waals surface area contributed by atoms with Gasteiger partial charge in [0.1, 0.15) is 5.75 Å². The first-order chi connectivity index (χ1) is 9.20. The molecule has 1 aliphatic carbocycles. The highest BCUT2D eigenvalue weighted by atomic mass is 16.5. The summed E-state index contributed by atoms with van der Waals surface area (Å²) in [6, 6.07) is 5.90. The normalized spacial score (nSPS) is 26.2. The monoisotopic (exact) mass is 261 g/mol. The standard InChI is InChI=1S/C14H19N3O2/c15-7-9-4-5-13-12(6-9)17(14(18)8-19-13)11-3-1-2-10(11)16/h4-6,10-11H,1-3,7-8,15-16H2. The van der Waals surface area contributed by atoms with Crippen molar-refractivity contribution in [3.63, 3.8) is 0 Å². The van der Waals surface area contributed by atoms with Crippen LogP contribution in [0.2, 0.25) is 0 Å². The Morgan fingerprint density at radius 1 is 1.37 bits per heavy atom. The van der Waals surface area contributed by atoms with E-state index in [-0.39, 0.29) is 24.6 Å². The van der Waals surface area contributed by atoms with E-state index in [4.69, 9.17) is 16.2 Å². The molecule has 1 amide bonds. The van der Waals surface area contributed by atoms with Gasteiger partial charge in [-0.15, -0.1) is 0 Å². The van der Waals surface area contributed by atoms with Gasteiger partial charge in [-0.25, -0.2) is 0 Å². The molecule has 0 saturated heterocycles. The van der Waals surface area contributed by atoms with Gasteiger partial charge in [0.25, 0.3) is 5.91 Å². The van der Waals surface area contributed by atoms with E-state index in [9.17, 15) is 4.79 Å². The smallest absolute Gasteiger partial charge is 0.265 e. The van der Waals surface area contributed by atoms with Gasteiger partial charge in [0.15, 0.2) is 6.61 Å². The van der Waals surface area contributed by atoms with E-state index < -0.39 is 0 Å². The van der Waals surface area contributed by atoms with Crippen LogP contribution < -0.4 is 21.1 Å². The Labute approximate surface area is 112 Å². The molecule has 0 radical (unpaired) electrons. The SMILES string of the molecule is NCc1ccc2c(c1)N(C1CCCC1N)C(=O)CO2. The lowest BCUT2D eigenvalue weighted by Crippen LogP contribution is -2.51. The summed E-state index contributed by atoms with van der Waals surface area (Å²) >= 11 is 0. The van der Waals surface area contributed by atoms with Gasteiger partial charge in [0.05, 0.1) is 11.7 Å². The lowest BCUT2D eigenvalue weighted by atomic mass is 10.1. The van der Waals surface area contributed by atoms with Crippen LogP contribution in [0.1, 0.15) is 24.8 Å². The Morgan fingerprint density at radius 3 is 2.89 bits per heavy atom. The fraction of sp³-hybridized carbons (Fsp3) is 0.500. The lowest BCUT2D eigenvalue weighted by Gasteiger charge is -2.36. The van der Waals surface area contributed by atoms with Crippen molar-refractivity contribution in [1.82, 2.24) is 0 Å². The second-order valence-corrected chi connectivity index (χ2v) is 5.22. The Balaban J connectivity index is 2.02. The summed E-state index contributed by atoms with van der Waals surface area (Å²) < 4.78 is 5.49. The van der Waals surface area contributed by atoms with E-state index in [1.165, 1.54) is 0 Å². The maximum absolute atomic E-state index is 12.2. The number of fused-ring (bicyclic) bond motifs is 1. The molecule has 1 heterocycles. The lowest BCUT2D eigenvalue weighted by molar-refractivity contribution is -0.121. The Kier molecular flexibility index (Phi) is 3.16. The Morgan fingerprint density at radius 2 is 2.21 bits per heavy atom. The minimum Gasteiger partial charge on any atom is -0.482 e. The summed E-state index contributed by atoms with van der Waals surface area (Å²) in [5, 5.41) is 0. The predicted molar refractivity (Wildman–Crippen MR) is 72.9 cm³/mol. The number of rotatable bonds is 2. The van der Waals surface area contributed by atoms with Gasteiger partial charge in [0, 0.05) is 12.6 Å². The van der Waals surface area contributed by atoms with Crippen LogP contribution in [0.5, 0.6) is 5.75 Å². The molecule has 0 spiro atoms. The van der Waals surface area contributed by atoms with Gasteiger partial charge in [0.2, 0.25) is 0 Å². The Hall–Kier alpha value is -1.59. The molecule has 4 N–H and O–H groups in total. The number of hydrogen-bond acceptors (Lipinski definition) is 4. The molecule has 1 aromatic carbocycles. The molecule has 1 aliphatic heterocycles. The molecule has 5 heteroatoms. The van der Waals surface area contributed by atoms with Crippen LogP contribution in [-0.4, -0.2) is 24.6 Å². The first kappa shape index (κ1) is 12.4. The van der Waals surface area contributed by atoms with E-state index in [1.54, 1.807) is 0 Å². The quantitative estimate of drug-likeness (QED) is 0.823. The fourth-order valence-corrected chi connectivity index (χ4v) is 3.00. The van der Waals surface area contributed by atoms with Crippen LogP contribution >= 0.6 is 0 Å². The molecule has 0 bridgehead atoms. The van der Waals surface area contributed by atoms with Crippen molar-refractivity contribution in [2.45, 2.75) is 37.9 Å². The van der Waals surface area contributed by atoms with E-state index in [0.29, 0.717) is 6.54 Å². The molecule has 0 aromatic heterocycles. The molecule has 2 aliphatic rings. The highest BCUT2D eigenvalue weighted by Gasteiger charge is 2.37. The summed E-state index contributed by atoms with van der Waals surface area (Å²) in [6.45, 7) is 0.546. The third-order valence-electron chi connectivity index (χ3n) is 4.00. The van der Waals surface area contributed by atoms with Crippen LogP contribution in [0.15, 0.2) is 18.2 Å². The van der Waals surface area contributed by atoms with E-state index in [0.717, 1.165) is 36.3 Å². The summed E-state index contributed by atoms with van der Waals surface area (Å²) in [5.74, 6) is 0.736. The third kappa shape index (κ3) is 2.09. The molecule has 19 heavy (non-hydrogen) atoms. The number of nitrogens with two attached hydrogens (primary N) is 2. The minimum atomic E-state index is -0.0102. The van der Waals surface area contributed by atoms with E-state index >= 15 is 0 Å². The number of amides is 1. The largest absolute Gasteiger partial charge is 0.482 e. The van der Waals surface area contributed by atoms with Crippen LogP contribution in [0, 0.1) is 0 Å². The zero-order valence-corrected chi connectivity index (χ0v) is 10.8. The number of nitrogens with zero attached hydrogens (tertiary/aromatic N) is 1. The molecular formula is C14H19N3O2. The molecule has 3 rings (SSSR count).